The van der Waals surface area contributed by atoms with Gasteiger partial charge in [-0.15, -0.1) is 11.3 Å². The van der Waals surface area contributed by atoms with Gasteiger partial charge in [0.1, 0.15) is 5.01 Å². The van der Waals surface area contributed by atoms with E-state index in [1.165, 1.54) is 23.5 Å². The summed E-state index contributed by atoms with van der Waals surface area (Å²) in [7, 11) is 0. The van der Waals surface area contributed by atoms with Gasteiger partial charge in [-0.3, -0.25) is 0 Å². The van der Waals surface area contributed by atoms with Crippen LogP contribution in [0.2, 0.25) is 0 Å². The first-order valence-corrected chi connectivity index (χ1v) is 7.75. The molecular formula is C15H15F3N2OS. The number of hydrogen-bond donors (Lipinski definition) is 2. The third kappa shape index (κ3) is 3.02. The van der Waals surface area contributed by atoms with Gasteiger partial charge in [-0.05, 0) is 30.9 Å². The Balaban J connectivity index is 1.91. The summed E-state index contributed by atoms with van der Waals surface area (Å²) in [6.07, 6.45) is -2.24. The molecule has 1 aromatic carbocycles. The van der Waals surface area contributed by atoms with E-state index in [0.29, 0.717) is 27.1 Å². The normalized spacial score (nSPS) is 16.8. The van der Waals surface area contributed by atoms with Gasteiger partial charge in [0, 0.05) is 5.56 Å². The van der Waals surface area contributed by atoms with Crippen molar-refractivity contribution in [1.29, 1.82) is 0 Å². The summed E-state index contributed by atoms with van der Waals surface area (Å²) in [5.74, 6) is 0.396. The molecule has 2 aromatic rings. The molecule has 3 rings (SSSR count). The number of aliphatic hydroxyl groups is 1. The summed E-state index contributed by atoms with van der Waals surface area (Å²) in [5.41, 5.74) is 6.71. The Morgan fingerprint density at radius 3 is 2.41 bits per heavy atom. The number of aliphatic hydroxyl groups excluding tert-OH is 1. The number of benzene rings is 1. The van der Waals surface area contributed by atoms with Crippen LogP contribution >= 0.6 is 11.3 Å². The molecule has 1 aliphatic rings. The summed E-state index contributed by atoms with van der Waals surface area (Å²) < 4.78 is 37.8. The molecule has 1 aliphatic carbocycles. The molecule has 1 unspecified atom stereocenters. The zero-order valence-electron chi connectivity index (χ0n) is 11.6. The lowest BCUT2D eigenvalue weighted by Crippen LogP contribution is -2.14. The molecule has 1 fully saturated rings. The van der Waals surface area contributed by atoms with Gasteiger partial charge in [0.2, 0.25) is 0 Å². The molecule has 3 nitrogen and oxygen atoms in total. The second-order valence-electron chi connectivity index (χ2n) is 5.42. The Bertz CT molecular complexity index is 662. The molecule has 0 radical (unpaired) electrons. The van der Waals surface area contributed by atoms with Crippen LogP contribution in [0.5, 0.6) is 0 Å². The monoisotopic (exact) mass is 328 g/mol. The van der Waals surface area contributed by atoms with Gasteiger partial charge < -0.3 is 10.8 Å². The van der Waals surface area contributed by atoms with Crippen molar-refractivity contribution in [1.82, 2.24) is 4.98 Å². The molecule has 0 spiro atoms. The van der Waals surface area contributed by atoms with Crippen molar-refractivity contribution in [3.05, 3.63) is 40.4 Å². The highest BCUT2D eigenvalue weighted by molar-refractivity contribution is 7.15. The largest absolute Gasteiger partial charge is 0.416 e. The van der Waals surface area contributed by atoms with Crippen LogP contribution in [0.25, 0.3) is 10.6 Å². The van der Waals surface area contributed by atoms with Crippen LogP contribution in [-0.4, -0.2) is 10.1 Å². The Hall–Kier alpha value is -1.44. The van der Waals surface area contributed by atoms with E-state index in [0.717, 1.165) is 25.0 Å². The maximum Gasteiger partial charge on any atom is 0.416 e. The van der Waals surface area contributed by atoms with E-state index in [2.05, 4.69) is 4.98 Å². The third-order valence-corrected chi connectivity index (χ3v) is 4.88. The van der Waals surface area contributed by atoms with E-state index in [1.54, 1.807) is 0 Å². The molecule has 1 aromatic heterocycles. The van der Waals surface area contributed by atoms with Gasteiger partial charge in [0.05, 0.1) is 28.8 Å². The fourth-order valence-corrected chi connectivity index (χ4v) is 3.32. The van der Waals surface area contributed by atoms with E-state index in [-0.39, 0.29) is 12.6 Å². The van der Waals surface area contributed by atoms with Crippen LogP contribution in [0.3, 0.4) is 0 Å². The maximum atomic E-state index is 12.6. The van der Waals surface area contributed by atoms with Crippen LogP contribution in [-0.2, 0) is 12.8 Å². The number of thiazole rings is 1. The minimum atomic E-state index is -4.35. The Labute approximate surface area is 129 Å². The number of aromatic nitrogens is 1. The Morgan fingerprint density at radius 1 is 1.27 bits per heavy atom. The molecular weight excluding hydrogens is 313 g/mol. The number of hydrogen-bond acceptors (Lipinski definition) is 4. The van der Waals surface area contributed by atoms with Crippen molar-refractivity contribution in [2.24, 2.45) is 11.7 Å². The second-order valence-corrected chi connectivity index (χ2v) is 6.51. The lowest BCUT2D eigenvalue weighted by atomic mass is 10.1. The number of rotatable bonds is 4. The maximum absolute atomic E-state index is 12.6. The summed E-state index contributed by atoms with van der Waals surface area (Å²) in [6.45, 7) is -0.159. The van der Waals surface area contributed by atoms with Crippen LogP contribution in [0, 0.1) is 5.92 Å². The molecule has 22 heavy (non-hydrogen) atoms. The van der Waals surface area contributed by atoms with Crippen molar-refractivity contribution in [3.63, 3.8) is 0 Å². The van der Waals surface area contributed by atoms with Gasteiger partial charge in [-0.2, -0.15) is 13.2 Å². The summed E-state index contributed by atoms with van der Waals surface area (Å²) in [5, 5.41) is 10.0. The van der Waals surface area contributed by atoms with E-state index in [9.17, 15) is 18.3 Å². The van der Waals surface area contributed by atoms with Crippen LogP contribution in [0.15, 0.2) is 24.3 Å². The topological polar surface area (TPSA) is 59.1 Å². The fraction of sp³-hybridized carbons (Fsp3) is 0.400. The quantitative estimate of drug-likeness (QED) is 0.899. The molecule has 1 saturated carbocycles. The van der Waals surface area contributed by atoms with E-state index in [4.69, 9.17) is 5.73 Å². The number of halogens is 3. The zero-order valence-corrected chi connectivity index (χ0v) is 12.4. The van der Waals surface area contributed by atoms with Crippen molar-refractivity contribution < 1.29 is 18.3 Å². The predicted molar refractivity (Wildman–Crippen MR) is 78.1 cm³/mol. The highest BCUT2D eigenvalue weighted by atomic mass is 32.1. The number of nitrogens with zero attached hydrogens (tertiary/aromatic N) is 1. The lowest BCUT2D eigenvalue weighted by Gasteiger charge is -2.08. The van der Waals surface area contributed by atoms with Gasteiger partial charge in [-0.1, -0.05) is 12.1 Å². The van der Waals surface area contributed by atoms with Gasteiger partial charge >= 0.3 is 6.18 Å². The highest BCUT2D eigenvalue weighted by Crippen LogP contribution is 2.42. The minimum Gasteiger partial charge on any atom is -0.391 e. The van der Waals surface area contributed by atoms with Crippen LogP contribution < -0.4 is 5.73 Å². The molecule has 0 aliphatic heterocycles. The van der Waals surface area contributed by atoms with Crippen LogP contribution in [0.1, 0.15) is 35.0 Å². The standard InChI is InChI=1S/C15H15F3N2OS/c16-15(17,18)10-5-3-9(4-6-10)14-20-13(11(7-21)22-14)12(19)8-1-2-8/h3-6,8,12,21H,1-2,7,19H2. The smallest absolute Gasteiger partial charge is 0.391 e. The molecule has 1 heterocycles. The van der Waals surface area contributed by atoms with Crippen LogP contribution in [0.4, 0.5) is 13.2 Å². The lowest BCUT2D eigenvalue weighted by molar-refractivity contribution is -0.137. The second kappa shape index (κ2) is 5.64. The number of nitrogens with two attached hydrogens (primary N) is 1. The average Bonchev–Trinajstić information content (AvgIpc) is 3.24. The van der Waals surface area contributed by atoms with Gasteiger partial charge in [0.25, 0.3) is 0 Å². The van der Waals surface area contributed by atoms with Crippen molar-refractivity contribution in [2.45, 2.75) is 31.7 Å². The SMILES string of the molecule is NC(c1nc(-c2ccc(C(F)(F)F)cc2)sc1CO)C1CC1. The van der Waals surface area contributed by atoms with E-state index < -0.39 is 11.7 Å². The first-order chi connectivity index (χ1) is 10.4. The first-order valence-electron chi connectivity index (χ1n) is 6.94. The zero-order chi connectivity index (χ0) is 15.9. The minimum absolute atomic E-state index is 0.159. The number of alkyl halides is 3. The summed E-state index contributed by atoms with van der Waals surface area (Å²) >= 11 is 1.28. The molecule has 1 atom stereocenters. The van der Waals surface area contributed by atoms with Gasteiger partial charge in [0.15, 0.2) is 0 Å². The molecule has 0 bridgehead atoms. The molecule has 3 N–H and O–H groups in total. The fourth-order valence-electron chi connectivity index (χ4n) is 2.34. The third-order valence-electron chi connectivity index (χ3n) is 3.78. The van der Waals surface area contributed by atoms with E-state index >= 15 is 0 Å². The highest BCUT2D eigenvalue weighted by Gasteiger charge is 2.33. The molecule has 0 amide bonds. The van der Waals surface area contributed by atoms with Crippen molar-refractivity contribution in [2.75, 3.05) is 0 Å². The van der Waals surface area contributed by atoms with E-state index in [1.807, 2.05) is 0 Å². The van der Waals surface area contributed by atoms with Crippen molar-refractivity contribution in [3.8, 4) is 10.6 Å². The molecule has 118 valence electrons. The average molecular weight is 328 g/mol. The predicted octanol–water partition coefficient (Wildman–Crippen LogP) is 3.73. The Morgan fingerprint density at radius 2 is 1.91 bits per heavy atom. The molecule has 7 heteroatoms. The summed E-state index contributed by atoms with van der Waals surface area (Å²) in [4.78, 5) is 5.15. The van der Waals surface area contributed by atoms with Crippen molar-refractivity contribution >= 4 is 11.3 Å². The molecule has 0 saturated heterocycles. The van der Waals surface area contributed by atoms with Gasteiger partial charge in [-0.25, -0.2) is 4.98 Å². The Kier molecular flexibility index (Phi) is 3.96. The summed E-state index contributed by atoms with van der Waals surface area (Å²) in [6, 6.07) is 4.66. The first kappa shape index (κ1) is 15.5.